The fourth-order valence-corrected chi connectivity index (χ4v) is 6.00. The van der Waals surface area contributed by atoms with E-state index in [0.29, 0.717) is 6.42 Å². The third-order valence-corrected chi connectivity index (χ3v) is 11.9. The lowest BCUT2D eigenvalue weighted by atomic mass is 9.69. The molecule has 3 aliphatic rings. The molecule has 0 amide bonds. The predicted molar refractivity (Wildman–Crippen MR) is 114 cm³/mol. The molecular weight excluding hydrogens is 388 g/mol. The van der Waals surface area contributed by atoms with Gasteiger partial charge in [-0.05, 0) is 59.7 Å². The second-order valence-corrected chi connectivity index (χ2v) is 16.6. The van der Waals surface area contributed by atoms with Gasteiger partial charge in [-0.15, -0.1) is 0 Å². The smallest absolute Gasteiger partial charge is 0.192 e. The van der Waals surface area contributed by atoms with Gasteiger partial charge < -0.3 is 28.1 Å². The molecule has 2 saturated heterocycles. The number of hydrogen-bond acceptors (Lipinski definition) is 6. The minimum atomic E-state index is -2.12. The van der Waals surface area contributed by atoms with E-state index in [9.17, 15) is 0 Å². The summed E-state index contributed by atoms with van der Waals surface area (Å²) in [4.78, 5) is 0. The molecule has 6 nitrogen and oxygen atoms in total. The molecule has 0 bridgehead atoms. The zero-order valence-electron chi connectivity index (χ0n) is 20.5. The molecule has 0 aromatic rings. The molecule has 7 heteroatoms. The average molecular weight is 431 g/mol. The topological polar surface area (TPSA) is 55.4 Å². The Balaban J connectivity index is 2.10. The van der Waals surface area contributed by atoms with E-state index in [-0.39, 0.29) is 29.5 Å². The minimum Gasteiger partial charge on any atom is -0.408 e. The maximum absolute atomic E-state index is 7.00. The normalized spacial score (nSPS) is 39.3. The Labute approximate surface area is 178 Å². The van der Waals surface area contributed by atoms with Crippen LogP contribution < -0.4 is 0 Å². The Morgan fingerprint density at radius 1 is 0.897 bits per heavy atom. The maximum Gasteiger partial charge on any atom is 0.192 e. The SMILES string of the molecule is COC(C)(C)[C@@]12C[C@H]3OC(C)(C)O[C@H]3[C@@H](O[Si](C)(C)C(C)(C)C)[C@@H]1OC(C)(C)O2. The van der Waals surface area contributed by atoms with Crippen molar-refractivity contribution < 1.29 is 28.1 Å². The van der Waals surface area contributed by atoms with Crippen LogP contribution in [0.15, 0.2) is 0 Å². The van der Waals surface area contributed by atoms with Crippen LogP contribution in [-0.4, -0.2) is 62.6 Å². The number of methoxy groups -OCH3 is 1. The first kappa shape index (κ1) is 23.6. The van der Waals surface area contributed by atoms with Gasteiger partial charge in [-0.1, -0.05) is 20.8 Å². The third-order valence-electron chi connectivity index (χ3n) is 7.41. The highest BCUT2D eigenvalue weighted by Gasteiger charge is 2.71. The van der Waals surface area contributed by atoms with Crippen LogP contribution in [0, 0.1) is 0 Å². The summed E-state index contributed by atoms with van der Waals surface area (Å²) in [6.45, 7) is 23.3. The molecule has 0 aromatic carbocycles. The first-order valence-corrected chi connectivity index (χ1v) is 13.7. The summed E-state index contributed by atoms with van der Waals surface area (Å²) in [5.74, 6) is -1.42. The van der Waals surface area contributed by atoms with Crippen LogP contribution in [-0.2, 0) is 28.1 Å². The zero-order chi connectivity index (χ0) is 22.3. The van der Waals surface area contributed by atoms with E-state index in [0.717, 1.165) is 0 Å². The van der Waals surface area contributed by atoms with Crippen molar-refractivity contribution in [3.8, 4) is 0 Å². The Morgan fingerprint density at radius 2 is 1.48 bits per heavy atom. The quantitative estimate of drug-likeness (QED) is 0.607. The molecule has 29 heavy (non-hydrogen) atoms. The van der Waals surface area contributed by atoms with Crippen LogP contribution in [0.3, 0.4) is 0 Å². The number of ether oxygens (including phenoxy) is 5. The van der Waals surface area contributed by atoms with Gasteiger partial charge in [-0.25, -0.2) is 0 Å². The average Bonchev–Trinajstić information content (AvgIpc) is 2.97. The van der Waals surface area contributed by atoms with E-state index in [1.54, 1.807) is 7.11 Å². The summed E-state index contributed by atoms with van der Waals surface area (Å²) in [7, 11) is -0.391. The van der Waals surface area contributed by atoms with E-state index in [4.69, 9.17) is 28.1 Å². The van der Waals surface area contributed by atoms with Gasteiger partial charge in [-0.2, -0.15) is 0 Å². The summed E-state index contributed by atoms with van der Waals surface area (Å²) in [5.41, 5.74) is -1.30. The van der Waals surface area contributed by atoms with Gasteiger partial charge in [-0.3, -0.25) is 0 Å². The summed E-state index contributed by atoms with van der Waals surface area (Å²) < 4.78 is 38.9. The molecule has 5 atom stereocenters. The van der Waals surface area contributed by atoms with Crippen molar-refractivity contribution in [1.29, 1.82) is 0 Å². The fourth-order valence-electron chi connectivity index (χ4n) is 4.71. The summed E-state index contributed by atoms with van der Waals surface area (Å²) in [6.07, 6.45) is -0.341. The summed E-state index contributed by atoms with van der Waals surface area (Å²) >= 11 is 0. The van der Waals surface area contributed by atoms with Crippen molar-refractivity contribution in [2.24, 2.45) is 0 Å². The highest BCUT2D eigenvalue weighted by atomic mass is 28.4. The van der Waals surface area contributed by atoms with Gasteiger partial charge in [0, 0.05) is 13.5 Å². The molecule has 2 aliphatic heterocycles. The monoisotopic (exact) mass is 430 g/mol. The van der Waals surface area contributed by atoms with Gasteiger partial charge in [0.2, 0.25) is 0 Å². The summed E-state index contributed by atoms with van der Waals surface area (Å²) in [5, 5.41) is 0.0589. The molecule has 0 aromatic heterocycles. The second kappa shape index (κ2) is 6.74. The largest absolute Gasteiger partial charge is 0.408 e. The van der Waals surface area contributed by atoms with Gasteiger partial charge in [0.15, 0.2) is 19.9 Å². The van der Waals surface area contributed by atoms with E-state index in [2.05, 4.69) is 47.7 Å². The van der Waals surface area contributed by atoms with Crippen molar-refractivity contribution >= 4 is 8.32 Å². The molecule has 0 spiro atoms. The highest BCUT2D eigenvalue weighted by Crippen LogP contribution is 2.56. The van der Waals surface area contributed by atoms with Crippen molar-refractivity contribution in [1.82, 2.24) is 0 Å². The molecule has 3 rings (SSSR count). The number of rotatable bonds is 4. The predicted octanol–water partition coefficient (Wildman–Crippen LogP) is 4.62. The lowest BCUT2D eigenvalue weighted by Crippen LogP contribution is -2.70. The zero-order valence-corrected chi connectivity index (χ0v) is 21.5. The van der Waals surface area contributed by atoms with Gasteiger partial charge in [0.05, 0.1) is 11.7 Å². The van der Waals surface area contributed by atoms with Crippen molar-refractivity contribution in [3.05, 3.63) is 0 Å². The van der Waals surface area contributed by atoms with Gasteiger partial charge >= 0.3 is 0 Å². The van der Waals surface area contributed by atoms with Crippen molar-refractivity contribution in [2.45, 2.75) is 134 Å². The Kier molecular flexibility index (Phi) is 5.49. The fraction of sp³-hybridized carbons (Fsp3) is 1.00. The Hall–Kier alpha value is -0.0231. The first-order chi connectivity index (χ1) is 12.9. The van der Waals surface area contributed by atoms with Crippen LogP contribution in [0.4, 0.5) is 0 Å². The van der Waals surface area contributed by atoms with Gasteiger partial charge in [0.1, 0.15) is 23.9 Å². The number of hydrogen-bond donors (Lipinski definition) is 0. The third kappa shape index (κ3) is 3.86. The molecule has 1 aliphatic carbocycles. The Morgan fingerprint density at radius 3 is 2.00 bits per heavy atom. The standard InChI is InChI=1S/C22H42O6Si/c1-18(2,3)29(11,12)27-16-15-14(24-20(6,7)25-15)13-22(19(4,5)23-10)17(16)26-21(8,9)28-22/h14-17H,13H2,1-12H3/t14-,15-,16-,17+,22-/m1/s1. The first-order valence-electron chi connectivity index (χ1n) is 10.8. The minimum absolute atomic E-state index is 0.0589. The van der Waals surface area contributed by atoms with Crippen molar-refractivity contribution in [3.63, 3.8) is 0 Å². The van der Waals surface area contributed by atoms with Crippen LogP contribution in [0.25, 0.3) is 0 Å². The number of fused-ring (bicyclic) bond motifs is 2. The van der Waals surface area contributed by atoms with Gasteiger partial charge in [0.25, 0.3) is 0 Å². The molecular formula is C22H42O6Si. The lowest BCUT2D eigenvalue weighted by Gasteiger charge is -2.53. The van der Waals surface area contributed by atoms with Crippen LogP contribution in [0.5, 0.6) is 0 Å². The van der Waals surface area contributed by atoms with E-state index >= 15 is 0 Å². The molecule has 170 valence electrons. The molecule has 1 saturated carbocycles. The van der Waals surface area contributed by atoms with Crippen LogP contribution in [0.2, 0.25) is 18.1 Å². The molecule has 0 radical (unpaired) electrons. The van der Waals surface area contributed by atoms with Crippen LogP contribution in [0.1, 0.15) is 68.7 Å². The molecule has 0 unspecified atom stereocenters. The van der Waals surface area contributed by atoms with Crippen LogP contribution >= 0.6 is 0 Å². The molecule has 3 fully saturated rings. The maximum atomic E-state index is 7.00. The summed E-state index contributed by atoms with van der Waals surface area (Å²) in [6, 6.07) is 0. The van der Waals surface area contributed by atoms with E-state index in [1.165, 1.54) is 0 Å². The molecule has 0 N–H and O–H groups in total. The van der Waals surface area contributed by atoms with E-state index < -0.39 is 31.1 Å². The lowest BCUT2D eigenvalue weighted by molar-refractivity contribution is -0.233. The van der Waals surface area contributed by atoms with Crippen molar-refractivity contribution in [2.75, 3.05) is 7.11 Å². The molecule has 2 heterocycles. The second-order valence-electron chi connectivity index (χ2n) is 11.8. The van der Waals surface area contributed by atoms with E-state index in [1.807, 2.05) is 27.7 Å². The highest BCUT2D eigenvalue weighted by molar-refractivity contribution is 6.74. The Bertz CT molecular complexity index is 638.